The van der Waals surface area contributed by atoms with Crippen molar-refractivity contribution in [3.63, 3.8) is 0 Å². The molecule has 57 heavy (non-hydrogen) atoms. The van der Waals surface area contributed by atoms with Crippen LogP contribution in [-0.2, 0) is 19.1 Å². The van der Waals surface area contributed by atoms with Gasteiger partial charge in [-0.1, -0.05) is 224 Å². The molecule has 0 aliphatic carbocycles. The molecule has 0 saturated carbocycles. The fourth-order valence-corrected chi connectivity index (χ4v) is 7.61. The zero-order valence-electron chi connectivity index (χ0n) is 38.4. The Morgan fingerprint density at radius 1 is 0.386 bits per heavy atom. The second kappa shape index (κ2) is 48.7. The van der Waals surface area contributed by atoms with E-state index in [2.05, 4.69) is 38.2 Å². The molecule has 0 aliphatic rings. The summed E-state index contributed by atoms with van der Waals surface area (Å²) in [6.45, 7) is 4.17. The van der Waals surface area contributed by atoms with E-state index in [-0.39, 0.29) is 25.2 Å². The number of esters is 2. The van der Waals surface area contributed by atoms with Crippen LogP contribution < -0.4 is 0 Å². The Balaban J connectivity index is 3.46. The zero-order valence-corrected chi connectivity index (χ0v) is 38.4. The van der Waals surface area contributed by atoms with Crippen LogP contribution >= 0.6 is 0 Å². The lowest BCUT2D eigenvalue weighted by Gasteiger charge is -2.15. The summed E-state index contributed by atoms with van der Waals surface area (Å²) < 4.78 is 10.7. The molecule has 5 heteroatoms. The Morgan fingerprint density at radius 2 is 0.649 bits per heavy atom. The SMILES string of the molecule is CCCCCCCCC/C=C\CCCCCCCCCC(=O)OCC(CO)OC(=O)CCCCCCCCCCCCCCC/C=C\CCCCCCCCCC. The minimum atomic E-state index is -0.770. The van der Waals surface area contributed by atoms with Crippen molar-refractivity contribution in [1.82, 2.24) is 0 Å². The Bertz CT molecular complexity index is 867. The molecule has 0 aromatic rings. The highest BCUT2D eigenvalue weighted by atomic mass is 16.6. The van der Waals surface area contributed by atoms with Gasteiger partial charge in [-0.3, -0.25) is 9.59 Å². The smallest absolute Gasteiger partial charge is 0.306 e. The molecule has 0 saturated heterocycles. The monoisotopic (exact) mass is 803 g/mol. The van der Waals surface area contributed by atoms with Crippen molar-refractivity contribution in [2.45, 2.75) is 283 Å². The van der Waals surface area contributed by atoms with E-state index in [4.69, 9.17) is 9.47 Å². The number of hydrogen-bond donors (Lipinski definition) is 1. The van der Waals surface area contributed by atoms with Gasteiger partial charge in [0.05, 0.1) is 6.61 Å². The van der Waals surface area contributed by atoms with Crippen LogP contribution in [0.25, 0.3) is 0 Å². The second-order valence-corrected chi connectivity index (χ2v) is 17.2. The number of hydrogen-bond acceptors (Lipinski definition) is 5. The Hall–Kier alpha value is -1.62. The van der Waals surface area contributed by atoms with Crippen molar-refractivity contribution >= 4 is 11.9 Å². The second-order valence-electron chi connectivity index (χ2n) is 17.2. The van der Waals surface area contributed by atoms with Gasteiger partial charge in [-0.2, -0.15) is 0 Å². The molecule has 0 aromatic heterocycles. The normalized spacial score (nSPS) is 12.3. The molecule has 336 valence electrons. The number of unbranched alkanes of at least 4 members (excludes halogenated alkanes) is 35. The number of ether oxygens (including phenoxy) is 2. The predicted molar refractivity (Wildman–Crippen MR) is 247 cm³/mol. The van der Waals surface area contributed by atoms with Gasteiger partial charge in [0.2, 0.25) is 0 Å². The molecule has 0 rings (SSSR count). The molecule has 0 fully saturated rings. The van der Waals surface area contributed by atoms with Crippen molar-refractivity contribution in [1.29, 1.82) is 0 Å². The third-order valence-electron chi connectivity index (χ3n) is 11.5. The summed E-state index contributed by atoms with van der Waals surface area (Å²) in [5, 5.41) is 9.62. The molecular weight excluding hydrogens is 705 g/mol. The first-order valence-corrected chi connectivity index (χ1v) is 25.4. The third-order valence-corrected chi connectivity index (χ3v) is 11.5. The molecule has 0 heterocycles. The van der Waals surface area contributed by atoms with Crippen LogP contribution in [0.2, 0.25) is 0 Å². The van der Waals surface area contributed by atoms with E-state index in [1.54, 1.807) is 0 Å². The van der Waals surface area contributed by atoms with Crippen LogP contribution in [0, 0.1) is 0 Å². The first-order valence-electron chi connectivity index (χ1n) is 25.4. The summed E-state index contributed by atoms with van der Waals surface area (Å²) >= 11 is 0. The lowest BCUT2D eigenvalue weighted by Crippen LogP contribution is -2.28. The predicted octanol–water partition coefficient (Wildman–Crippen LogP) is 16.6. The average molecular weight is 803 g/mol. The summed E-state index contributed by atoms with van der Waals surface area (Å²) in [5.74, 6) is -0.582. The van der Waals surface area contributed by atoms with E-state index in [9.17, 15) is 14.7 Å². The first kappa shape index (κ1) is 55.4. The van der Waals surface area contributed by atoms with Gasteiger partial charge in [0.25, 0.3) is 0 Å². The Kier molecular flexibility index (Phi) is 47.4. The van der Waals surface area contributed by atoms with Crippen LogP contribution in [0.1, 0.15) is 277 Å². The summed E-state index contributed by atoms with van der Waals surface area (Å²) in [6, 6.07) is 0. The maximum Gasteiger partial charge on any atom is 0.306 e. The van der Waals surface area contributed by atoms with Gasteiger partial charge in [0, 0.05) is 12.8 Å². The lowest BCUT2D eigenvalue weighted by atomic mass is 10.0. The van der Waals surface area contributed by atoms with E-state index in [1.807, 2.05) is 0 Å². The third kappa shape index (κ3) is 46.9. The van der Waals surface area contributed by atoms with E-state index < -0.39 is 6.10 Å². The molecule has 5 nitrogen and oxygen atoms in total. The molecule has 0 aromatic carbocycles. The molecule has 1 atom stereocenters. The largest absolute Gasteiger partial charge is 0.462 e. The fraction of sp³-hybridized carbons (Fsp3) is 0.885. The average Bonchev–Trinajstić information content (AvgIpc) is 3.21. The molecular formula is C52H98O5. The van der Waals surface area contributed by atoms with Crippen LogP contribution in [0.5, 0.6) is 0 Å². The lowest BCUT2D eigenvalue weighted by molar-refractivity contribution is -0.161. The molecule has 0 radical (unpaired) electrons. The van der Waals surface area contributed by atoms with E-state index >= 15 is 0 Å². The number of rotatable bonds is 47. The number of allylic oxidation sites excluding steroid dienone is 4. The van der Waals surface area contributed by atoms with Crippen molar-refractivity contribution in [2.24, 2.45) is 0 Å². The van der Waals surface area contributed by atoms with Crippen LogP contribution in [0.4, 0.5) is 0 Å². The topological polar surface area (TPSA) is 72.8 Å². The van der Waals surface area contributed by atoms with Crippen molar-refractivity contribution in [3.8, 4) is 0 Å². The quantitative estimate of drug-likeness (QED) is 0.0377. The summed E-state index contributed by atoms with van der Waals surface area (Å²) in [5.41, 5.74) is 0. The fourth-order valence-electron chi connectivity index (χ4n) is 7.61. The van der Waals surface area contributed by atoms with Crippen molar-refractivity contribution in [3.05, 3.63) is 24.3 Å². The number of aliphatic hydroxyl groups excluding tert-OH is 1. The zero-order chi connectivity index (χ0) is 41.4. The van der Waals surface area contributed by atoms with E-state index in [1.165, 1.54) is 212 Å². The van der Waals surface area contributed by atoms with E-state index in [0.29, 0.717) is 12.8 Å². The van der Waals surface area contributed by atoms with Crippen LogP contribution in [-0.4, -0.2) is 36.4 Å². The van der Waals surface area contributed by atoms with Crippen LogP contribution in [0.3, 0.4) is 0 Å². The van der Waals surface area contributed by atoms with Gasteiger partial charge >= 0.3 is 11.9 Å². The Labute approximate surface area is 355 Å². The van der Waals surface area contributed by atoms with Gasteiger partial charge in [-0.05, 0) is 64.2 Å². The standard InChI is InChI=1S/C52H98O5/c1-3-5-7-9-11-13-15-17-19-21-23-24-25-26-27-28-29-31-33-35-37-39-41-43-45-47-52(55)57-50(48-53)49-56-51(54)46-44-42-40-38-36-34-32-30-22-20-18-16-14-12-10-8-6-4-2/h20-23,50,53H,3-19,24-49H2,1-2H3/b22-20-,23-21-. The van der Waals surface area contributed by atoms with Crippen molar-refractivity contribution < 1.29 is 24.2 Å². The molecule has 1 N–H and O–H groups in total. The van der Waals surface area contributed by atoms with E-state index in [0.717, 1.165) is 38.5 Å². The summed E-state index contributed by atoms with van der Waals surface area (Å²) in [6.07, 6.45) is 59.9. The molecule has 1 unspecified atom stereocenters. The molecule has 0 bridgehead atoms. The first-order chi connectivity index (χ1) is 28.1. The van der Waals surface area contributed by atoms with Crippen molar-refractivity contribution in [2.75, 3.05) is 13.2 Å². The maximum absolute atomic E-state index is 12.3. The van der Waals surface area contributed by atoms with Gasteiger partial charge in [-0.15, -0.1) is 0 Å². The minimum Gasteiger partial charge on any atom is -0.462 e. The number of aliphatic hydroxyl groups is 1. The summed E-state index contributed by atoms with van der Waals surface area (Å²) in [7, 11) is 0. The number of carbonyl (C=O) groups excluding carboxylic acids is 2. The maximum atomic E-state index is 12.3. The highest BCUT2D eigenvalue weighted by molar-refractivity contribution is 5.70. The minimum absolute atomic E-state index is 0.0638. The number of carbonyl (C=O) groups is 2. The molecule has 0 amide bonds. The van der Waals surface area contributed by atoms with Gasteiger partial charge in [0.1, 0.15) is 6.61 Å². The summed E-state index contributed by atoms with van der Waals surface area (Å²) in [4.78, 5) is 24.4. The highest BCUT2D eigenvalue weighted by Crippen LogP contribution is 2.16. The molecule has 0 aliphatic heterocycles. The highest BCUT2D eigenvalue weighted by Gasteiger charge is 2.16. The van der Waals surface area contributed by atoms with Crippen LogP contribution in [0.15, 0.2) is 24.3 Å². The van der Waals surface area contributed by atoms with Gasteiger partial charge in [0.15, 0.2) is 6.10 Å². The molecule has 0 spiro atoms. The van der Waals surface area contributed by atoms with Gasteiger partial charge in [-0.25, -0.2) is 0 Å². The van der Waals surface area contributed by atoms with Gasteiger partial charge < -0.3 is 14.6 Å². The Morgan fingerprint density at radius 3 is 0.947 bits per heavy atom.